The van der Waals surface area contributed by atoms with Gasteiger partial charge < -0.3 is 5.11 Å². The van der Waals surface area contributed by atoms with E-state index in [1.165, 1.54) is 0 Å². The molecular formula is C7H6N2O. The first-order valence-electron chi connectivity index (χ1n) is 3.05. The predicted octanol–water partition coefficient (Wildman–Crippen LogP) is 0.285. The van der Waals surface area contributed by atoms with Crippen LogP contribution in [0.15, 0.2) is 33.5 Å². The lowest BCUT2D eigenvalue weighted by molar-refractivity contribution is 0.358. The summed E-state index contributed by atoms with van der Waals surface area (Å²) in [5.74, 6) is 0. The number of allylic oxidation sites excluding steroid dienone is 1. The average molecular weight is 134 g/mol. The van der Waals surface area contributed by atoms with Gasteiger partial charge in [0.1, 0.15) is 0 Å². The molecule has 0 saturated carbocycles. The first-order chi connectivity index (χ1) is 4.90. The highest BCUT2D eigenvalue weighted by Gasteiger charge is 2.14. The fraction of sp³-hybridized carbons (Fsp3) is 0.143. The van der Waals surface area contributed by atoms with Crippen molar-refractivity contribution in [3.8, 4) is 0 Å². The van der Waals surface area contributed by atoms with E-state index in [2.05, 4.69) is 9.98 Å². The molecule has 2 aliphatic rings. The van der Waals surface area contributed by atoms with Crippen molar-refractivity contribution in [3.63, 3.8) is 0 Å². The molecule has 0 amide bonds. The smallest absolute Gasteiger partial charge is 0.0906 e. The summed E-state index contributed by atoms with van der Waals surface area (Å²) in [6.07, 6.45) is 5.32. The van der Waals surface area contributed by atoms with Crippen LogP contribution in [0.2, 0.25) is 0 Å². The van der Waals surface area contributed by atoms with Crippen molar-refractivity contribution in [1.29, 1.82) is 0 Å². The number of rotatable bonds is 1. The molecule has 0 aromatic heterocycles. The molecule has 2 aliphatic heterocycles. The molecule has 3 heteroatoms. The van der Waals surface area contributed by atoms with E-state index in [9.17, 15) is 0 Å². The minimum atomic E-state index is -0.00361. The molecule has 0 saturated heterocycles. The first kappa shape index (κ1) is 5.56. The van der Waals surface area contributed by atoms with Crippen molar-refractivity contribution in [2.45, 2.75) is 0 Å². The molecule has 50 valence electrons. The van der Waals surface area contributed by atoms with E-state index in [0.717, 1.165) is 11.4 Å². The zero-order valence-corrected chi connectivity index (χ0v) is 5.28. The summed E-state index contributed by atoms with van der Waals surface area (Å²) >= 11 is 0. The van der Waals surface area contributed by atoms with E-state index in [0.29, 0.717) is 5.71 Å². The van der Waals surface area contributed by atoms with Crippen LogP contribution in [0.5, 0.6) is 0 Å². The fourth-order valence-electron chi connectivity index (χ4n) is 0.971. The molecule has 0 unspecified atom stereocenters. The monoisotopic (exact) mass is 134 g/mol. The number of hydrogen-bond donors (Lipinski definition) is 1. The Balaban J connectivity index is 2.38. The zero-order valence-electron chi connectivity index (χ0n) is 5.28. The van der Waals surface area contributed by atoms with E-state index in [-0.39, 0.29) is 6.61 Å². The van der Waals surface area contributed by atoms with Crippen LogP contribution in [0, 0.1) is 0 Å². The standard InChI is InChI=1S/C7H6N2O/c10-4-5-3-7-6(9-5)1-2-8-7/h1-3,10H,4H2. The average Bonchev–Trinajstić information content (AvgIpc) is 2.42. The van der Waals surface area contributed by atoms with Crippen molar-refractivity contribution in [1.82, 2.24) is 0 Å². The summed E-state index contributed by atoms with van der Waals surface area (Å²) in [6, 6.07) is 0. The minimum Gasteiger partial charge on any atom is -0.390 e. The normalized spacial score (nSPS) is 20.3. The molecule has 0 aromatic rings. The highest BCUT2D eigenvalue weighted by Crippen LogP contribution is 2.22. The number of aliphatic hydroxyl groups excluding tert-OH is 1. The van der Waals surface area contributed by atoms with Gasteiger partial charge in [0, 0.05) is 6.21 Å². The van der Waals surface area contributed by atoms with Gasteiger partial charge in [-0.05, 0) is 12.2 Å². The van der Waals surface area contributed by atoms with Gasteiger partial charge in [-0.2, -0.15) is 0 Å². The number of hydrogen-bond acceptors (Lipinski definition) is 3. The Labute approximate surface area is 58.1 Å². The lowest BCUT2D eigenvalue weighted by Crippen LogP contribution is -1.95. The molecule has 10 heavy (non-hydrogen) atoms. The maximum Gasteiger partial charge on any atom is 0.0906 e. The second-order valence-corrected chi connectivity index (χ2v) is 2.12. The molecule has 0 bridgehead atoms. The van der Waals surface area contributed by atoms with Gasteiger partial charge in [0.25, 0.3) is 0 Å². The van der Waals surface area contributed by atoms with E-state index in [1.807, 2.05) is 6.08 Å². The highest BCUT2D eigenvalue weighted by molar-refractivity contribution is 6.02. The fourth-order valence-corrected chi connectivity index (χ4v) is 0.971. The predicted molar refractivity (Wildman–Crippen MR) is 39.2 cm³/mol. The SMILES string of the molecule is OCC1=NC2=CC=NC2=C1. The third-order valence-corrected chi connectivity index (χ3v) is 1.44. The van der Waals surface area contributed by atoms with Crippen LogP contribution in [0.1, 0.15) is 0 Å². The topological polar surface area (TPSA) is 45.0 Å². The Morgan fingerprint density at radius 3 is 3.00 bits per heavy atom. The van der Waals surface area contributed by atoms with Crippen LogP contribution in [0.25, 0.3) is 0 Å². The Morgan fingerprint density at radius 1 is 1.40 bits per heavy atom. The van der Waals surface area contributed by atoms with Crippen LogP contribution in [0.3, 0.4) is 0 Å². The molecule has 0 aromatic carbocycles. The number of fused-ring (bicyclic) bond motifs is 1. The Bertz CT molecular complexity index is 284. The molecule has 0 radical (unpaired) electrons. The maximum absolute atomic E-state index is 8.67. The Kier molecular flexibility index (Phi) is 1.05. The lowest BCUT2D eigenvalue weighted by Gasteiger charge is -1.84. The maximum atomic E-state index is 8.67. The van der Waals surface area contributed by atoms with Gasteiger partial charge in [-0.25, -0.2) is 4.99 Å². The summed E-state index contributed by atoms with van der Waals surface area (Å²) in [7, 11) is 0. The zero-order chi connectivity index (χ0) is 6.97. The molecule has 0 atom stereocenters. The molecule has 0 fully saturated rings. The number of aliphatic hydroxyl groups is 1. The number of nitrogens with zero attached hydrogens (tertiary/aromatic N) is 2. The lowest BCUT2D eigenvalue weighted by atomic mass is 10.3. The van der Waals surface area contributed by atoms with Gasteiger partial charge in [-0.1, -0.05) is 0 Å². The summed E-state index contributed by atoms with van der Waals surface area (Å²) in [5, 5.41) is 8.67. The Hall–Kier alpha value is -1.22. The van der Waals surface area contributed by atoms with Gasteiger partial charge in [0.05, 0.1) is 23.7 Å². The van der Waals surface area contributed by atoms with Crippen molar-refractivity contribution >= 4 is 11.9 Å². The van der Waals surface area contributed by atoms with Crippen molar-refractivity contribution in [2.24, 2.45) is 9.98 Å². The quantitative estimate of drug-likeness (QED) is 0.550. The molecule has 0 aliphatic carbocycles. The van der Waals surface area contributed by atoms with Crippen LogP contribution in [-0.2, 0) is 0 Å². The van der Waals surface area contributed by atoms with E-state index in [1.54, 1.807) is 12.3 Å². The van der Waals surface area contributed by atoms with Crippen molar-refractivity contribution in [2.75, 3.05) is 6.61 Å². The first-order valence-corrected chi connectivity index (χ1v) is 3.05. The van der Waals surface area contributed by atoms with E-state index in [4.69, 9.17) is 5.11 Å². The molecule has 2 heterocycles. The van der Waals surface area contributed by atoms with Gasteiger partial charge in [0.15, 0.2) is 0 Å². The summed E-state index contributed by atoms with van der Waals surface area (Å²) in [5.41, 5.74) is 2.42. The molecule has 1 N–H and O–H groups in total. The molecule has 3 nitrogen and oxygen atoms in total. The highest BCUT2D eigenvalue weighted by atomic mass is 16.3. The molecular weight excluding hydrogens is 128 g/mol. The van der Waals surface area contributed by atoms with Crippen LogP contribution < -0.4 is 0 Å². The summed E-state index contributed by atoms with van der Waals surface area (Å²) in [4.78, 5) is 8.09. The summed E-state index contributed by atoms with van der Waals surface area (Å²) < 4.78 is 0. The second kappa shape index (κ2) is 1.88. The van der Waals surface area contributed by atoms with Gasteiger partial charge in [0.2, 0.25) is 0 Å². The van der Waals surface area contributed by atoms with Crippen LogP contribution in [0.4, 0.5) is 0 Å². The van der Waals surface area contributed by atoms with E-state index < -0.39 is 0 Å². The number of aliphatic imine (C=N–C) groups is 2. The van der Waals surface area contributed by atoms with Crippen LogP contribution in [-0.4, -0.2) is 23.6 Å². The van der Waals surface area contributed by atoms with Crippen molar-refractivity contribution < 1.29 is 5.11 Å². The van der Waals surface area contributed by atoms with E-state index >= 15 is 0 Å². The largest absolute Gasteiger partial charge is 0.390 e. The third-order valence-electron chi connectivity index (χ3n) is 1.44. The van der Waals surface area contributed by atoms with Gasteiger partial charge in [-0.3, -0.25) is 4.99 Å². The molecule has 0 spiro atoms. The van der Waals surface area contributed by atoms with Gasteiger partial charge in [-0.15, -0.1) is 0 Å². The second-order valence-electron chi connectivity index (χ2n) is 2.12. The van der Waals surface area contributed by atoms with Crippen LogP contribution >= 0.6 is 0 Å². The third kappa shape index (κ3) is 0.642. The summed E-state index contributed by atoms with van der Waals surface area (Å²) in [6.45, 7) is -0.00361. The van der Waals surface area contributed by atoms with Crippen molar-refractivity contribution in [3.05, 3.63) is 23.5 Å². The molecule has 2 rings (SSSR count). The van der Waals surface area contributed by atoms with Gasteiger partial charge >= 0.3 is 0 Å². The Morgan fingerprint density at radius 2 is 2.30 bits per heavy atom. The minimum absolute atomic E-state index is 0.00361.